The lowest BCUT2D eigenvalue weighted by atomic mass is 9.93. The number of azide groups is 1. The Morgan fingerprint density at radius 1 is 0.443 bits per heavy atom. The van der Waals surface area contributed by atoms with Crippen molar-refractivity contribution in [2.75, 3.05) is 33.0 Å². The van der Waals surface area contributed by atoms with Crippen LogP contribution in [0, 0.1) is 0 Å². The second-order valence-electron chi connectivity index (χ2n) is 23.7. The summed E-state index contributed by atoms with van der Waals surface area (Å²) in [5, 5.41) is 30.3. The van der Waals surface area contributed by atoms with Crippen LogP contribution >= 0.6 is 34.8 Å². The van der Waals surface area contributed by atoms with E-state index in [9.17, 15) is 15.0 Å². The number of rotatable bonds is 36. The molecule has 3 saturated heterocycles. The summed E-state index contributed by atoms with van der Waals surface area (Å²) in [4.78, 5) is 17.4. The van der Waals surface area contributed by atoms with Gasteiger partial charge in [0.1, 0.15) is 73.2 Å². The zero-order valence-electron chi connectivity index (χ0n) is 53.6. The van der Waals surface area contributed by atoms with E-state index in [1.165, 1.54) is 0 Å². The van der Waals surface area contributed by atoms with Gasteiger partial charge in [-0.3, -0.25) is 4.79 Å². The normalized spacial score (nSPS) is 25.8. The third-order valence-corrected chi connectivity index (χ3v) is 17.1. The monoisotopic (exact) mass is 1390 g/mol. The highest BCUT2D eigenvalue weighted by Gasteiger charge is 2.57. The maximum atomic E-state index is 14.6. The number of hydrogen-bond donors (Lipinski definition) is 3. The Morgan fingerprint density at radius 2 is 0.814 bits per heavy atom. The van der Waals surface area contributed by atoms with Gasteiger partial charge in [0.25, 0.3) is 9.70 Å². The number of unbranched alkanes of at least 4 members (excludes halogenated alkanes) is 2. The fourth-order valence-electron chi connectivity index (χ4n) is 11.7. The van der Waals surface area contributed by atoms with E-state index in [0.717, 1.165) is 38.9 Å². The second kappa shape index (κ2) is 38.8. The summed E-state index contributed by atoms with van der Waals surface area (Å²) in [5.74, 6) is -1.09. The number of carbonyl (C=O) groups excluding carboxylic acids is 1. The molecular weight excluding hydrogens is 1310 g/mol. The number of carbonyl (C=O) groups is 1. The minimum absolute atomic E-state index is 0.0129. The summed E-state index contributed by atoms with van der Waals surface area (Å²) in [6, 6.07) is 65.7. The number of nitrogens with zero attached hydrogens (tertiary/aromatic N) is 3. The number of ether oxygens (including phenoxy) is 13. The summed E-state index contributed by atoms with van der Waals surface area (Å²) < 4.78 is 87.5. The molecule has 7 aromatic carbocycles. The number of nitrogens with one attached hydrogen (secondary N) is 1. The van der Waals surface area contributed by atoms with Gasteiger partial charge in [0.15, 0.2) is 18.9 Å². The maximum Gasteiger partial charge on any atom is 0.272 e. The standard InChI is InChI=1S/C74H83Cl3N4O16/c75-74(76,77)73(84)80-61-66(89-45-54-31-15-4-16-32-54)65(60(50-86-43-52-27-11-2-12-28-52)94-70(61)96-64-58(41-82)93-71(87-40-24-8-23-39-79-81-78)62(83)67(64)90-46-55-33-17-5-18-34-55)97-72-69(92-48-57-37-21-7-22-38-57)68(91-47-56-35-19-6-20-36-56)63(88-44-53-29-13-3-14-30-53)59(95-72)49-85-42-51-25-9-1-10-26-51/h1-7,9-22,25-38,58-72,82-83H,8,23-24,39-50H2,(H,80,84)/t58-,59-,60-,61-,62+,63-,64+,65+,66-,67-,68+,69-,70+,71+,72-/m1/s1. The first kappa shape index (κ1) is 73.3. The molecule has 516 valence electrons. The lowest BCUT2D eigenvalue weighted by Gasteiger charge is -2.52. The van der Waals surface area contributed by atoms with Crippen LogP contribution in [0.3, 0.4) is 0 Å². The van der Waals surface area contributed by atoms with Gasteiger partial charge in [-0.1, -0.05) is 259 Å². The minimum atomic E-state index is -2.57. The van der Waals surface area contributed by atoms with Gasteiger partial charge in [-0.2, -0.15) is 0 Å². The molecule has 0 aromatic heterocycles. The first-order chi connectivity index (χ1) is 47.5. The van der Waals surface area contributed by atoms with Crippen molar-refractivity contribution in [2.24, 2.45) is 5.11 Å². The molecule has 3 aliphatic heterocycles. The van der Waals surface area contributed by atoms with Crippen molar-refractivity contribution in [1.29, 1.82) is 0 Å². The Labute approximate surface area is 580 Å². The number of hydrogen-bond acceptors (Lipinski definition) is 17. The van der Waals surface area contributed by atoms with Gasteiger partial charge in [-0.15, -0.1) is 0 Å². The van der Waals surface area contributed by atoms with Crippen molar-refractivity contribution in [3.8, 4) is 0 Å². The predicted molar refractivity (Wildman–Crippen MR) is 362 cm³/mol. The van der Waals surface area contributed by atoms with Crippen molar-refractivity contribution < 1.29 is 76.6 Å². The molecule has 20 nitrogen and oxygen atoms in total. The van der Waals surface area contributed by atoms with E-state index < -0.39 is 108 Å². The average Bonchev–Trinajstić information content (AvgIpc) is 0.769. The van der Waals surface area contributed by atoms with Gasteiger partial charge in [-0.05, 0) is 57.3 Å². The van der Waals surface area contributed by atoms with Crippen LogP contribution in [-0.2, 0) is 113 Å². The van der Waals surface area contributed by atoms with Crippen LogP contribution in [0.15, 0.2) is 217 Å². The highest BCUT2D eigenvalue weighted by atomic mass is 35.6. The van der Waals surface area contributed by atoms with Gasteiger partial charge in [-0.25, -0.2) is 0 Å². The van der Waals surface area contributed by atoms with Crippen LogP contribution in [0.25, 0.3) is 10.4 Å². The zero-order chi connectivity index (χ0) is 67.4. The van der Waals surface area contributed by atoms with Crippen LogP contribution in [0.4, 0.5) is 0 Å². The van der Waals surface area contributed by atoms with Crippen molar-refractivity contribution in [3.05, 3.63) is 262 Å². The van der Waals surface area contributed by atoms with Crippen molar-refractivity contribution >= 4 is 40.7 Å². The second-order valence-corrected chi connectivity index (χ2v) is 26.0. The summed E-state index contributed by atoms with van der Waals surface area (Å²) >= 11 is 19.5. The Morgan fingerprint density at radius 3 is 1.26 bits per heavy atom. The Kier molecular flexibility index (Phi) is 29.3. The highest BCUT2D eigenvalue weighted by molar-refractivity contribution is 6.76. The first-order valence-corrected chi connectivity index (χ1v) is 33.7. The van der Waals surface area contributed by atoms with Crippen LogP contribution in [0.2, 0.25) is 0 Å². The number of amides is 1. The summed E-state index contributed by atoms with van der Waals surface area (Å²) in [7, 11) is 0. The molecule has 23 heteroatoms. The van der Waals surface area contributed by atoms with E-state index in [2.05, 4.69) is 15.3 Å². The quantitative estimate of drug-likeness (QED) is 0.0109. The van der Waals surface area contributed by atoms with E-state index in [4.69, 9.17) is 102 Å². The molecule has 15 atom stereocenters. The SMILES string of the molecule is [N-]=[N+]=NCCCCCO[C@H]1O[C@H](CO)[C@H](O[C@@H]2O[C@H](COCc3ccccc3)[C@H](O[C@H]3O[C@H](COCc4ccccc4)[C@@H](OCc4ccccc4)[C@H](OCc4ccccc4)[C@H]3OCc3ccccc3)[C@H](OCc3ccccc3)[C@H]2NC(=O)C(Cl)(Cl)Cl)[C@H](OCc2ccccc2)[C@@H]1O. The molecule has 0 spiro atoms. The maximum absolute atomic E-state index is 14.6. The number of alkyl halides is 3. The molecule has 3 fully saturated rings. The van der Waals surface area contributed by atoms with Crippen LogP contribution in [-0.4, -0.2) is 145 Å². The smallest absolute Gasteiger partial charge is 0.272 e. The molecule has 3 aliphatic rings. The molecule has 3 N–H and O–H groups in total. The van der Waals surface area contributed by atoms with E-state index in [1.54, 1.807) is 0 Å². The summed E-state index contributed by atoms with van der Waals surface area (Å²) in [6.07, 6.45) is -15.8. The van der Waals surface area contributed by atoms with Gasteiger partial charge in [0.05, 0.1) is 66.1 Å². The van der Waals surface area contributed by atoms with Crippen LogP contribution in [0.1, 0.15) is 58.2 Å². The Hall–Kier alpha value is -6.41. The molecule has 1 amide bonds. The highest BCUT2D eigenvalue weighted by Crippen LogP contribution is 2.39. The molecule has 0 saturated carbocycles. The third kappa shape index (κ3) is 22.3. The number of halogens is 3. The van der Waals surface area contributed by atoms with E-state index >= 15 is 0 Å². The molecule has 0 unspecified atom stereocenters. The minimum Gasteiger partial charge on any atom is -0.394 e. The number of aliphatic hydroxyl groups is 2. The van der Waals surface area contributed by atoms with Crippen molar-refractivity contribution in [3.63, 3.8) is 0 Å². The van der Waals surface area contributed by atoms with E-state index in [-0.39, 0.29) is 66.1 Å². The van der Waals surface area contributed by atoms with E-state index in [1.807, 2.05) is 212 Å². The van der Waals surface area contributed by atoms with Crippen molar-refractivity contribution in [1.82, 2.24) is 5.32 Å². The first-order valence-electron chi connectivity index (χ1n) is 32.6. The number of aliphatic hydroxyl groups excluding tert-OH is 2. The molecule has 97 heavy (non-hydrogen) atoms. The molecule has 3 heterocycles. The van der Waals surface area contributed by atoms with E-state index in [0.29, 0.717) is 25.8 Å². The average molecular weight is 1390 g/mol. The molecule has 0 radical (unpaired) electrons. The van der Waals surface area contributed by atoms with Gasteiger partial charge in [0.2, 0.25) is 0 Å². The van der Waals surface area contributed by atoms with Gasteiger partial charge < -0.3 is 77.1 Å². The topological polar surface area (TPSA) is 238 Å². The molecule has 10 rings (SSSR count). The fraction of sp³-hybridized carbons (Fsp3) is 0.419. The zero-order valence-corrected chi connectivity index (χ0v) is 55.8. The van der Waals surface area contributed by atoms with Crippen LogP contribution in [0.5, 0.6) is 0 Å². The molecule has 7 aromatic rings. The van der Waals surface area contributed by atoms with Crippen molar-refractivity contribution in [2.45, 2.75) is 161 Å². The lowest BCUT2D eigenvalue weighted by Crippen LogP contribution is -2.70. The lowest BCUT2D eigenvalue weighted by molar-refractivity contribution is -0.379. The fourth-order valence-corrected chi connectivity index (χ4v) is 11.9. The third-order valence-electron chi connectivity index (χ3n) is 16.6. The predicted octanol–water partition coefficient (Wildman–Crippen LogP) is 12.0. The Balaban J connectivity index is 1.07. The summed E-state index contributed by atoms with van der Waals surface area (Å²) in [6.45, 7) is 0.155. The molecule has 0 bridgehead atoms. The Bertz CT molecular complexity index is 3400. The summed E-state index contributed by atoms with van der Waals surface area (Å²) in [5.41, 5.74) is 14.7. The largest absolute Gasteiger partial charge is 0.394 e. The molecular formula is C74H83Cl3N4O16. The number of benzene rings is 7. The molecule has 0 aliphatic carbocycles. The van der Waals surface area contributed by atoms with Crippen LogP contribution < -0.4 is 5.32 Å². The van der Waals surface area contributed by atoms with Gasteiger partial charge in [0, 0.05) is 18.1 Å². The van der Waals surface area contributed by atoms with Gasteiger partial charge >= 0.3 is 0 Å².